The molecule has 0 saturated heterocycles. The zero-order valence-electron chi connectivity index (χ0n) is 11.3. The minimum atomic E-state index is 0.941. The van der Waals surface area contributed by atoms with Gasteiger partial charge in [-0.05, 0) is 30.5 Å². The van der Waals surface area contributed by atoms with Gasteiger partial charge in [-0.3, -0.25) is 4.90 Å². The monoisotopic (exact) mass is 256 g/mol. The minimum absolute atomic E-state index is 0.941. The van der Waals surface area contributed by atoms with E-state index in [-0.39, 0.29) is 0 Å². The molecule has 0 radical (unpaired) electrons. The summed E-state index contributed by atoms with van der Waals surface area (Å²) in [5.74, 6) is 0. The van der Waals surface area contributed by atoms with Crippen LogP contribution in [0.1, 0.15) is 23.7 Å². The molecule has 1 aromatic carbocycles. The van der Waals surface area contributed by atoms with E-state index in [4.69, 9.17) is 5.73 Å². The number of hydrogen-bond acceptors (Lipinski definition) is 3. The maximum Gasteiger partial charge on any atom is 0.0948 e. The maximum absolute atomic E-state index is 6.04. The van der Waals surface area contributed by atoms with E-state index < -0.39 is 0 Å². The Labute approximate surface area is 113 Å². The van der Waals surface area contributed by atoms with Crippen LogP contribution in [0.5, 0.6) is 0 Å². The quantitative estimate of drug-likeness (QED) is 0.855. The highest BCUT2D eigenvalue weighted by molar-refractivity contribution is 5.51. The van der Waals surface area contributed by atoms with Crippen LogP contribution in [0, 0.1) is 0 Å². The van der Waals surface area contributed by atoms with E-state index in [1.54, 1.807) is 0 Å². The van der Waals surface area contributed by atoms with Gasteiger partial charge in [0.15, 0.2) is 0 Å². The third kappa shape index (κ3) is 2.36. The predicted molar refractivity (Wildman–Crippen MR) is 76.6 cm³/mol. The SMILES string of the molecule is CCn1cncc1CN1CCc2c(N)cccc2C1. The molecule has 2 N–H and O–H groups in total. The van der Waals surface area contributed by atoms with Gasteiger partial charge < -0.3 is 10.3 Å². The minimum Gasteiger partial charge on any atom is -0.398 e. The lowest BCUT2D eigenvalue weighted by atomic mass is 9.98. The molecule has 2 heterocycles. The van der Waals surface area contributed by atoms with Crippen LogP contribution in [0.25, 0.3) is 0 Å². The van der Waals surface area contributed by atoms with Gasteiger partial charge in [0, 0.05) is 38.1 Å². The van der Waals surface area contributed by atoms with Crippen molar-refractivity contribution < 1.29 is 0 Å². The van der Waals surface area contributed by atoms with Crippen LogP contribution in [0.15, 0.2) is 30.7 Å². The van der Waals surface area contributed by atoms with Crippen molar-refractivity contribution in [3.8, 4) is 0 Å². The molecule has 0 bridgehead atoms. The predicted octanol–water partition coefficient (Wildman–Crippen LogP) is 2.04. The van der Waals surface area contributed by atoms with Crippen molar-refractivity contribution in [2.75, 3.05) is 12.3 Å². The van der Waals surface area contributed by atoms with Crippen molar-refractivity contribution in [2.24, 2.45) is 0 Å². The Morgan fingerprint density at radius 1 is 1.37 bits per heavy atom. The molecule has 0 atom stereocenters. The smallest absolute Gasteiger partial charge is 0.0948 e. The molecule has 1 aliphatic heterocycles. The van der Waals surface area contributed by atoms with Gasteiger partial charge in [0.2, 0.25) is 0 Å². The number of hydrogen-bond donors (Lipinski definition) is 1. The molecule has 1 aliphatic rings. The molecule has 0 fully saturated rings. The normalized spacial score (nSPS) is 15.4. The highest BCUT2D eigenvalue weighted by atomic mass is 15.2. The summed E-state index contributed by atoms with van der Waals surface area (Å²) < 4.78 is 2.20. The lowest BCUT2D eigenvalue weighted by Crippen LogP contribution is -2.31. The molecular weight excluding hydrogens is 236 g/mol. The fourth-order valence-corrected chi connectivity index (χ4v) is 2.83. The number of anilines is 1. The zero-order chi connectivity index (χ0) is 13.2. The molecule has 0 saturated carbocycles. The van der Waals surface area contributed by atoms with Crippen molar-refractivity contribution >= 4 is 5.69 Å². The van der Waals surface area contributed by atoms with Crippen molar-refractivity contribution in [2.45, 2.75) is 33.0 Å². The third-order valence-electron chi connectivity index (χ3n) is 3.91. The average Bonchev–Trinajstić information content (AvgIpc) is 2.86. The van der Waals surface area contributed by atoms with Gasteiger partial charge in [0.1, 0.15) is 0 Å². The molecule has 3 rings (SSSR count). The number of nitrogens with zero attached hydrogens (tertiary/aromatic N) is 3. The van der Waals surface area contributed by atoms with Crippen molar-refractivity contribution in [1.29, 1.82) is 0 Å². The molecule has 0 amide bonds. The summed E-state index contributed by atoms with van der Waals surface area (Å²) >= 11 is 0. The van der Waals surface area contributed by atoms with Gasteiger partial charge in [-0.15, -0.1) is 0 Å². The standard InChI is InChI=1S/C15H20N4/c1-2-19-11-17-8-13(19)10-18-7-6-14-12(9-18)4-3-5-15(14)16/h3-5,8,11H,2,6-7,9-10,16H2,1H3. The summed E-state index contributed by atoms with van der Waals surface area (Å²) in [5.41, 5.74) is 11.0. The Balaban J connectivity index is 1.76. The summed E-state index contributed by atoms with van der Waals surface area (Å²) in [6.07, 6.45) is 4.92. The fourth-order valence-electron chi connectivity index (χ4n) is 2.83. The molecule has 4 heteroatoms. The Kier molecular flexibility index (Phi) is 3.25. The van der Waals surface area contributed by atoms with Crippen LogP contribution in [0.4, 0.5) is 5.69 Å². The largest absolute Gasteiger partial charge is 0.398 e. The van der Waals surface area contributed by atoms with Crippen LogP contribution in [0.3, 0.4) is 0 Å². The number of benzene rings is 1. The van der Waals surface area contributed by atoms with Gasteiger partial charge in [-0.2, -0.15) is 0 Å². The first-order chi connectivity index (χ1) is 9.28. The van der Waals surface area contributed by atoms with E-state index in [0.29, 0.717) is 0 Å². The Morgan fingerprint density at radius 2 is 2.26 bits per heavy atom. The highest BCUT2D eigenvalue weighted by Crippen LogP contribution is 2.24. The van der Waals surface area contributed by atoms with E-state index in [9.17, 15) is 0 Å². The lowest BCUT2D eigenvalue weighted by molar-refractivity contribution is 0.240. The summed E-state index contributed by atoms with van der Waals surface area (Å²) in [6.45, 7) is 6.14. The topological polar surface area (TPSA) is 47.1 Å². The molecule has 0 aliphatic carbocycles. The van der Waals surface area contributed by atoms with Crippen molar-refractivity contribution in [3.63, 3.8) is 0 Å². The van der Waals surface area contributed by atoms with Crippen LogP contribution >= 0.6 is 0 Å². The van der Waals surface area contributed by atoms with E-state index in [2.05, 4.69) is 27.4 Å². The van der Waals surface area contributed by atoms with Crippen LogP contribution in [0.2, 0.25) is 0 Å². The Hall–Kier alpha value is -1.81. The molecule has 0 spiro atoms. The highest BCUT2D eigenvalue weighted by Gasteiger charge is 2.18. The summed E-state index contributed by atoms with van der Waals surface area (Å²) in [4.78, 5) is 6.70. The van der Waals surface area contributed by atoms with Gasteiger partial charge in [0.05, 0.1) is 12.0 Å². The molecule has 4 nitrogen and oxygen atoms in total. The molecular formula is C15H20N4. The molecule has 1 aromatic heterocycles. The van der Waals surface area contributed by atoms with E-state index in [0.717, 1.165) is 38.3 Å². The number of imidazole rings is 1. The summed E-state index contributed by atoms with van der Waals surface area (Å²) in [7, 11) is 0. The summed E-state index contributed by atoms with van der Waals surface area (Å²) in [6, 6.07) is 6.24. The number of aryl methyl sites for hydroxylation is 1. The average molecular weight is 256 g/mol. The fraction of sp³-hybridized carbons (Fsp3) is 0.400. The van der Waals surface area contributed by atoms with Crippen LogP contribution < -0.4 is 5.73 Å². The number of rotatable bonds is 3. The Bertz CT molecular complexity index is 573. The third-order valence-corrected chi connectivity index (χ3v) is 3.91. The van der Waals surface area contributed by atoms with Crippen LogP contribution in [-0.4, -0.2) is 21.0 Å². The summed E-state index contributed by atoms with van der Waals surface area (Å²) in [5, 5.41) is 0. The first kappa shape index (κ1) is 12.2. The van der Waals surface area contributed by atoms with Gasteiger partial charge in [0.25, 0.3) is 0 Å². The second kappa shape index (κ2) is 5.05. The number of nitrogen functional groups attached to an aromatic ring is 1. The van der Waals surface area contributed by atoms with E-state index >= 15 is 0 Å². The first-order valence-electron chi connectivity index (χ1n) is 6.85. The lowest BCUT2D eigenvalue weighted by Gasteiger charge is -2.29. The second-order valence-corrected chi connectivity index (χ2v) is 5.12. The molecule has 19 heavy (non-hydrogen) atoms. The first-order valence-corrected chi connectivity index (χ1v) is 6.85. The van der Waals surface area contributed by atoms with Gasteiger partial charge in [-0.1, -0.05) is 12.1 Å². The molecule has 0 unspecified atom stereocenters. The van der Waals surface area contributed by atoms with Gasteiger partial charge >= 0.3 is 0 Å². The number of fused-ring (bicyclic) bond motifs is 1. The number of nitrogens with two attached hydrogens (primary N) is 1. The zero-order valence-corrected chi connectivity index (χ0v) is 11.3. The Morgan fingerprint density at radius 3 is 3.11 bits per heavy atom. The van der Waals surface area contributed by atoms with Gasteiger partial charge in [-0.25, -0.2) is 4.98 Å². The maximum atomic E-state index is 6.04. The molecule has 100 valence electrons. The van der Waals surface area contributed by atoms with E-state index in [1.807, 2.05) is 24.7 Å². The van der Waals surface area contributed by atoms with E-state index in [1.165, 1.54) is 16.8 Å². The van der Waals surface area contributed by atoms with Crippen molar-refractivity contribution in [1.82, 2.24) is 14.5 Å². The van der Waals surface area contributed by atoms with Crippen LogP contribution in [-0.2, 0) is 26.1 Å². The second-order valence-electron chi connectivity index (χ2n) is 5.12. The molecule has 2 aromatic rings. The number of aromatic nitrogens is 2. The van der Waals surface area contributed by atoms with Crippen molar-refractivity contribution in [3.05, 3.63) is 47.5 Å².